The smallest absolute Gasteiger partial charge is 0.243 e. The molecule has 0 N–H and O–H groups in total. The molecule has 0 aromatic heterocycles. The summed E-state index contributed by atoms with van der Waals surface area (Å²) in [7, 11) is -2.41. The Balaban J connectivity index is 1.82. The standard InChI is InChI=1S/C18H19FN2O3S/c1-20(25(23,24)15-9-3-2-4-10-15)13-17(22)21-12-6-8-14-7-5-11-16(19)18(14)21/h2-5,7,9-11H,6,8,12-13H2,1H3. The zero-order valence-corrected chi connectivity index (χ0v) is 14.7. The molecule has 3 rings (SSSR count). The molecule has 0 radical (unpaired) electrons. The van der Waals surface area contributed by atoms with Crippen molar-refractivity contribution in [2.45, 2.75) is 17.7 Å². The third kappa shape index (κ3) is 3.43. The van der Waals surface area contributed by atoms with Crippen LogP contribution in [-0.2, 0) is 21.2 Å². The molecule has 0 fully saturated rings. The van der Waals surface area contributed by atoms with Gasteiger partial charge in [-0.05, 0) is 36.6 Å². The molecule has 1 amide bonds. The molecule has 0 saturated heterocycles. The lowest BCUT2D eigenvalue weighted by Gasteiger charge is -2.31. The first-order valence-electron chi connectivity index (χ1n) is 8.00. The van der Waals surface area contributed by atoms with Crippen molar-refractivity contribution in [1.29, 1.82) is 0 Å². The second kappa shape index (κ2) is 6.93. The Morgan fingerprint density at radius 1 is 1.16 bits per heavy atom. The van der Waals surface area contributed by atoms with Crippen LogP contribution in [0.1, 0.15) is 12.0 Å². The van der Waals surface area contributed by atoms with Crippen molar-refractivity contribution in [3.8, 4) is 0 Å². The van der Waals surface area contributed by atoms with E-state index in [0.29, 0.717) is 13.0 Å². The van der Waals surface area contributed by atoms with E-state index in [1.54, 1.807) is 30.3 Å². The summed E-state index contributed by atoms with van der Waals surface area (Å²) >= 11 is 0. The summed E-state index contributed by atoms with van der Waals surface area (Å²) in [4.78, 5) is 14.1. The first-order valence-corrected chi connectivity index (χ1v) is 9.44. The maximum atomic E-state index is 14.2. The van der Waals surface area contributed by atoms with Crippen LogP contribution < -0.4 is 4.90 Å². The van der Waals surface area contributed by atoms with Crippen molar-refractivity contribution in [3.05, 3.63) is 59.9 Å². The topological polar surface area (TPSA) is 57.7 Å². The Morgan fingerprint density at radius 3 is 2.60 bits per heavy atom. The normalized spacial score (nSPS) is 14.4. The Morgan fingerprint density at radius 2 is 1.88 bits per heavy atom. The number of carbonyl (C=O) groups is 1. The molecule has 2 aromatic carbocycles. The van der Waals surface area contributed by atoms with Crippen LogP contribution in [0.4, 0.5) is 10.1 Å². The average Bonchev–Trinajstić information content (AvgIpc) is 2.62. The van der Waals surface area contributed by atoms with Crippen LogP contribution in [0.3, 0.4) is 0 Å². The van der Waals surface area contributed by atoms with Crippen molar-refractivity contribution >= 4 is 21.6 Å². The van der Waals surface area contributed by atoms with Crippen LogP contribution in [0.2, 0.25) is 0 Å². The Kier molecular flexibility index (Phi) is 4.87. The number of likely N-dealkylation sites (N-methyl/N-ethyl adjacent to an activating group) is 1. The Labute approximate surface area is 146 Å². The summed E-state index contributed by atoms with van der Waals surface area (Å²) in [5.41, 5.74) is 1.04. The van der Waals surface area contributed by atoms with Crippen molar-refractivity contribution in [3.63, 3.8) is 0 Å². The highest BCUT2D eigenvalue weighted by Crippen LogP contribution is 2.30. The molecule has 5 nitrogen and oxygen atoms in total. The fraction of sp³-hybridized carbons (Fsp3) is 0.278. The van der Waals surface area contributed by atoms with Crippen LogP contribution >= 0.6 is 0 Å². The predicted octanol–water partition coefficient (Wildman–Crippen LogP) is 2.43. The second-order valence-electron chi connectivity index (χ2n) is 5.97. The molecule has 0 unspecified atom stereocenters. The van der Waals surface area contributed by atoms with Crippen molar-refractivity contribution in [2.75, 3.05) is 25.0 Å². The number of nitrogens with zero attached hydrogens (tertiary/aromatic N) is 2. The minimum atomic E-state index is -3.77. The highest BCUT2D eigenvalue weighted by Gasteiger charge is 2.29. The van der Waals surface area contributed by atoms with Crippen molar-refractivity contribution < 1.29 is 17.6 Å². The first-order chi connectivity index (χ1) is 11.9. The van der Waals surface area contributed by atoms with Gasteiger partial charge in [0, 0.05) is 13.6 Å². The van der Waals surface area contributed by atoms with E-state index in [1.807, 2.05) is 0 Å². The summed E-state index contributed by atoms with van der Waals surface area (Å²) in [6.45, 7) is 0.0387. The van der Waals surface area contributed by atoms with Gasteiger partial charge in [0.25, 0.3) is 0 Å². The van der Waals surface area contributed by atoms with Gasteiger partial charge in [0.05, 0.1) is 17.1 Å². The van der Waals surface area contributed by atoms with Gasteiger partial charge in [0.15, 0.2) is 0 Å². The van der Waals surface area contributed by atoms with Crippen LogP contribution in [-0.4, -0.2) is 38.8 Å². The van der Waals surface area contributed by atoms with Crippen LogP contribution in [0.15, 0.2) is 53.4 Å². The van der Waals surface area contributed by atoms with Crippen molar-refractivity contribution in [2.24, 2.45) is 0 Å². The molecule has 0 spiro atoms. The number of hydrogen-bond acceptors (Lipinski definition) is 3. The second-order valence-corrected chi connectivity index (χ2v) is 8.02. The van der Waals surface area contributed by atoms with Crippen LogP contribution in [0.5, 0.6) is 0 Å². The van der Waals surface area contributed by atoms with Gasteiger partial charge in [-0.2, -0.15) is 4.31 Å². The van der Waals surface area contributed by atoms with Crippen molar-refractivity contribution in [1.82, 2.24) is 4.31 Å². The lowest BCUT2D eigenvalue weighted by atomic mass is 10.0. The van der Waals surface area contributed by atoms with E-state index >= 15 is 0 Å². The molecule has 132 valence electrons. The van der Waals surface area contributed by atoms with E-state index in [-0.39, 0.29) is 17.1 Å². The number of fused-ring (bicyclic) bond motifs is 1. The maximum absolute atomic E-state index is 14.2. The summed E-state index contributed by atoms with van der Waals surface area (Å²) in [6.07, 6.45) is 1.42. The van der Waals surface area contributed by atoms with Gasteiger partial charge in [-0.15, -0.1) is 0 Å². The van der Waals surface area contributed by atoms with E-state index in [2.05, 4.69) is 0 Å². The Bertz CT molecular complexity index is 884. The molecule has 1 heterocycles. The van der Waals surface area contributed by atoms with Crippen LogP contribution in [0.25, 0.3) is 0 Å². The third-order valence-electron chi connectivity index (χ3n) is 4.28. The number of anilines is 1. The molecule has 0 atom stereocenters. The number of rotatable bonds is 4. The fourth-order valence-electron chi connectivity index (χ4n) is 2.99. The number of amides is 1. The monoisotopic (exact) mass is 362 g/mol. The number of para-hydroxylation sites is 1. The summed E-state index contributed by atoms with van der Waals surface area (Å²) in [5.74, 6) is -0.896. The summed E-state index contributed by atoms with van der Waals surface area (Å²) in [6, 6.07) is 12.7. The minimum Gasteiger partial charge on any atom is -0.308 e. The number of carbonyl (C=O) groups excluding carboxylic acids is 1. The number of aryl methyl sites for hydroxylation is 1. The van der Waals surface area contributed by atoms with Gasteiger partial charge in [0.2, 0.25) is 15.9 Å². The lowest BCUT2D eigenvalue weighted by Crippen LogP contribution is -2.43. The van der Waals surface area contributed by atoms with Gasteiger partial charge >= 0.3 is 0 Å². The predicted molar refractivity (Wildman–Crippen MR) is 93.3 cm³/mol. The highest BCUT2D eigenvalue weighted by atomic mass is 32.2. The molecule has 1 aliphatic rings. The zero-order chi connectivity index (χ0) is 18.0. The Hall–Kier alpha value is -2.25. The van der Waals surface area contributed by atoms with E-state index in [4.69, 9.17) is 0 Å². The number of benzene rings is 2. The first kappa shape index (κ1) is 17.6. The van der Waals surface area contributed by atoms with Crippen LogP contribution in [0, 0.1) is 5.82 Å². The summed E-state index contributed by atoms with van der Waals surface area (Å²) < 4.78 is 40.3. The van der Waals surface area contributed by atoms with Gasteiger partial charge < -0.3 is 4.90 Å². The number of sulfonamides is 1. The van der Waals surface area contributed by atoms with E-state index < -0.39 is 21.7 Å². The quantitative estimate of drug-likeness (QED) is 0.839. The third-order valence-corrected chi connectivity index (χ3v) is 6.10. The lowest BCUT2D eigenvalue weighted by molar-refractivity contribution is -0.118. The van der Waals surface area contributed by atoms with Gasteiger partial charge in [-0.3, -0.25) is 4.79 Å². The molecule has 1 aliphatic heterocycles. The highest BCUT2D eigenvalue weighted by molar-refractivity contribution is 7.89. The molecule has 0 bridgehead atoms. The van der Waals surface area contributed by atoms with Gasteiger partial charge in [0.1, 0.15) is 5.82 Å². The zero-order valence-electron chi connectivity index (χ0n) is 13.9. The van der Waals surface area contributed by atoms with E-state index in [9.17, 15) is 17.6 Å². The van der Waals surface area contributed by atoms with Gasteiger partial charge in [-0.1, -0.05) is 30.3 Å². The number of halogens is 1. The van der Waals surface area contributed by atoms with E-state index in [0.717, 1.165) is 16.3 Å². The fourth-order valence-corrected chi connectivity index (χ4v) is 4.13. The molecule has 25 heavy (non-hydrogen) atoms. The van der Waals surface area contributed by atoms with Gasteiger partial charge in [-0.25, -0.2) is 12.8 Å². The molecular weight excluding hydrogens is 343 g/mol. The molecular formula is C18H19FN2O3S. The molecule has 2 aromatic rings. The molecule has 0 saturated carbocycles. The number of hydrogen-bond donors (Lipinski definition) is 0. The minimum absolute atomic E-state index is 0.121. The maximum Gasteiger partial charge on any atom is 0.243 e. The van der Waals surface area contributed by atoms with E-state index in [1.165, 1.54) is 30.1 Å². The SMILES string of the molecule is CN(CC(=O)N1CCCc2cccc(F)c21)S(=O)(=O)c1ccccc1. The molecule has 7 heteroatoms. The summed E-state index contributed by atoms with van der Waals surface area (Å²) in [5, 5.41) is 0. The average molecular weight is 362 g/mol. The molecule has 0 aliphatic carbocycles. The largest absolute Gasteiger partial charge is 0.308 e.